The molecule has 0 aromatic rings. The Morgan fingerprint density at radius 3 is 2.63 bits per heavy atom. The predicted molar refractivity (Wildman–Crippen MR) is 73.3 cm³/mol. The monoisotopic (exact) mass is 267 g/mol. The molecule has 19 heavy (non-hydrogen) atoms. The average Bonchev–Trinajstić information content (AvgIpc) is 2.92. The van der Waals surface area contributed by atoms with Gasteiger partial charge in [-0.2, -0.15) is 0 Å². The largest absolute Gasteiger partial charge is 0.347 e. The minimum atomic E-state index is -0.0323. The fourth-order valence-electron chi connectivity index (χ4n) is 3.09. The number of carbonyl (C=O) groups is 2. The topological polar surface area (TPSA) is 75.4 Å². The number of hydrogen-bond donors (Lipinski definition) is 2. The summed E-state index contributed by atoms with van der Waals surface area (Å²) in [6.45, 7) is 3.90. The molecule has 3 atom stereocenters. The summed E-state index contributed by atoms with van der Waals surface area (Å²) >= 11 is 0. The van der Waals surface area contributed by atoms with Crippen LogP contribution in [-0.2, 0) is 9.59 Å². The quantitative estimate of drug-likeness (QED) is 0.781. The average molecular weight is 267 g/mol. The molecule has 108 valence electrons. The molecule has 0 spiro atoms. The molecule has 5 heteroatoms. The minimum absolute atomic E-state index is 0.00445. The number of hydrogen-bond acceptors (Lipinski definition) is 3. The third kappa shape index (κ3) is 3.69. The Balaban J connectivity index is 1.78. The van der Waals surface area contributed by atoms with Gasteiger partial charge in [0.25, 0.3) is 0 Å². The van der Waals surface area contributed by atoms with Gasteiger partial charge < -0.3 is 16.0 Å². The highest BCUT2D eigenvalue weighted by molar-refractivity contribution is 5.86. The van der Waals surface area contributed by atoms with Crippen LogP contribution in [0.2, 0.25) is 0 Å². The van der Waals surface area contributed by atoms with E-state index in [0.29, 0.717) is 5.92 Å². The molecule has 3 N–H and O–H groups in total. The highest BCUT2D eigenvalue weighted by Crippen LogP contribution is 2.29. The van der Waals surface area contributed by atoms with Crippen LogP contribution >= 0.6 is 0 Å². The lowest BCUT2D eigenvalue weighted by atomic mass is 9.78. The summed E-state index contributed by atoms with van der Waals surface area (Å²) in [5.41, 5.74) is 5.93. The van der Waals surface area contributed by atoms with Gasteiger partial charge in [-0.3, -0.25) is 9.59 Å². The van der Waals surface area contributed by atoms with Crippen molar-refractivity contribution in [2.75, 3.05) is 19.6 Å². The van der Waals surface area contributed by atoms with Crippen LogP contribution in [0.5, 0.6) is 0 Å². The first kappa shape index (κ1) is 14.3. The molecule has 2 amide bonds. The van der Waals surface area contributed by atoms with Gasteiger partial charge in [-0.05, 0) is 38.0 Å². The Hall–Kier alpha value is -1.10. The van der Waals surface area contributed by atoms with Gasteiger partial charge in [0, 0.05) is 25.0 Å². The van der Waals surface area contributed by atoms with Gasteiger partial charge in [0.05, 0.1) is 6.54 Å². The maximum absolute atomic E-state index is 12.1. The third-order valence-electron chi connectivity index (χ3n) is 4.45. The van der Waals surface area contributed by atoms with E-state index < -0.39 is 0 Å². The Kier molecular flexibility index (Phi) is 4.80. The molecule has 1 saturated carbocycles. The standard InChI is InChI=1S/C14H25N3O2/c1-10-4-5-11(15)8-12(10)14(19)16-9-13(18)17-6-2-3-7-17/h10-12H,2-9,15H2,1H3,(H,16,19). The van der Waals surface area contributed by atoms with Crippen molar-refractivity contribution in [1.29, 1.82) is 0 Å². The normalized spacial score (nSPS) is 31.3. The van der Waals surface area contributed by atoms with Crippen molar-refractivity contribution < 1.29 is 9.59 Å². The van der Waals surface area contributed by atoms with Gasteiger partial charge in [0.15, 0.2) is 0 Å². The SMILES string of the molecule is CC1CCC(N)CC1C(=O)NCC(=O)N1CCCC1. The van der Waals surface area contributed by atoms with E-state index in [9.17, 15) is 9.59 Å². The third-order valence-corrected chi connectivity index (χ3v) is 4.45. The molecule has 0 radical (unpaired) electrons. The first-order chi connectivity index (χ1) is 9.08. The summed E-state index contributed by atoms with van der Waals surface area (Å²) in [5, 5.41) is 2.79. The molecule has 1 saturated heterocycles. The number of nitrogens with one attached hydrogen (secondary N) is 1. The van der Waals surface area contributed by atoms with Gasteiger partial charge in [-0.15, -0.1) is 0 Å². The van der Waals surface area contributed by atoms with E-state index in [0.717, 1.165) is 45.2 Å². The summed E-state index contributed by atoms with van der Waals surface area (Å²) in [5.74, 6) is 0.366. The van der Waals surface area contributed by atoms with Crippen molar-refractivity contribution in [3.8, 4) is 0 Å². The van der Waals surface area contributed by atoms with E-state index >= 15 is 0 Å². The van der Waals surface area contributed by atoms with Gasteiger partial charge in [-0.1, -0.05) is 6.92 Å². The smallest absolute Gasteiger partial charge is 0.241 e. The predicted octanol–water partition coefficient (Wildman–Crippen LogP) is 0.489. The zero-order valence-corrected chi connectivity index (χ0v) is 11.7. The van der Waals surface area contributed by atoms with E-state index in [2.05, 4.69) is 12.2 Å². The molecule has 0 aromatic carbocycles. The van der Waals surface area contributed by atoms with E-state index in [1.165, 1.54) is 0 Å². The number of amides is 2. The fraction of sp³-hybridized carbons (Fsp3) is 0.857. The molecule has 1 aliphatic heterocycles. The number of nitrogens with zero attached hydrogens (tertiary/aromatic N) is 1. The molecule has 1 heterocycles. The summed E-state index contributed by atoms with van der Waals surface area (Å²) < 4.78 is 0. The first-order valence-electron chi connectivity index (χ1n) is 7.39. The Bertz CT molecular complexity index is 340. The number of likely N-dealkylation sites (tertiary alicyclic amines) is 1. The molecule has 1 aliphatic carbocycles. The van der Waals surface area contributed by atoms with E-state index in [1.807, 2.05) is 4.90 Å². The summed E-state index contributed by atoms with van der Waals surface area (Å²) in [6.07, 6.45) is 4.89. The summed E-state index contributed by atoms with van der Waals surface area (Å²) in [4.78, 5) is 25.8. The van der Waals surface area contributed by atoms with Crippen LogP contribution in [0.3, 0.4) is 0 Å². The highest BCUT2D eigenvalue weighted by Gasteiger charge is 2.31. The van der Waals surface area contributed by atoms with Crippen molar-refractivity contribution in [3.05, 3.63) is 0 Å². The van der Waals surface area contributed by atoms with E-state index in [1.54, 1.807) is 0 Å². The van der Waals surface area contributed by atoms with E-state index in [-0.39, 0.29) is 30.3 Å². The molecule has 3 unspecified atom stereocenters. The lowest BCUT2D eigenvalue weighted by Crippen LogP contribution is -2.45. The second-order valence-corrected chi connectivity index (χ2v) is 5.96. The highest BCUT2D eigenvalue weighted by atomic mass is 16.2. The van der Waals surface area contributed by atoms with Gasteiger partial charge in [0.1, 0.15) is 0 Å². The van der Waals surface area contributed by atoms with E-state index in [4.69, 9.17) is 5.73 Å². The number of carbonyl (C=O) groups excluding carboxylic acids is 2. The number of nitrogens with two attached hydrogens (primary N) is 1. The summed E-state index contributed by atoms with van der Waals surface area (Å²) in [6, 6.07) is 0.126. The molecular formula is C14H25N3O2. The minimum Gasteiger partial charge on any atom is -0.347 e. The lowest BCUT2D eigenvalue weighted by molar-refractivity contribution is -0.134. The van der Waals surface area contributed by atoms with Gasteiger partial charge >= 0.3 is 0 Å². The zero-order valence-electron chi connectivity index (χ0n) is 11.7. The van der Waals surface area contributed by atoms with Crippen molar-refractivity contribution in [2.24, 2.45) is 17.6 Å². The Morgan fingerprint density at radius 1 is 1.26 bits per heavy atom. The van der Waals surface area contributed by atoms with Gasteiger partial charge in [0.2, 0.25) is 11.8 Å². The molecule has 2 fully saturated rings. The lowest BCUT2D eigenvalue weighted by Gasteiger charge is -2.31. The second-order valence-electron chi connectivity index (χ2n) is 5.96. The summed E-state index contributed by atoms with van der Waals surface area (Å²) in [7, 11) is 0. The molecular weight excluding hydrogens is 242 g/mol. The second kappa shape index (κ2) is 6.37. The van der Waals surface area contributed by atoms with Crippen LogP contribution in [0.4, 0.5) is 0 Å². The maximum Gasteiger partial charge on any atom is 0.241 e. The Labute approximate surface area is 114 Å². The first-order valence-corrected chi connectivity index (χ1v) is 7.39. The van der Waals surface area contributed by atoms with Crippen LogP contribution in [0, 0.1) is 11.8 Å². The Morgan fingerprint density at radius 2 is 1.95 bits per heavy atom. The van der Waals surface area contributed by atoms with Crippen molar-refractivity contribution in [2.45, 2.75) is 45.1 Å². The van der Waals surface area contributed by atoms with Crippen LogP contribution in [0.15, 0.2) is 0 Å². The number of rotatable bonds is 3. The fourth-order valence-corrected chi connectivity index (χ4v) is 3.09. The molecule has 5 nitrogen and oxygen atoms in total. The van der Waals surface area contributed by atoms with Crippen LogP contribution in [-0.4, -0.2) is 42.4 Å². The van der Waals surface area contributed by atoms with Crippen molar-refractivity contribution in [1.82, 2.24) is 10.2 Å². The van der Waals surface area contributed by atoms with Crippen molar-refractivity contribution in [3.63, 3.8) is 0 Å². The maximum atomic E-state index is 12.1. The van der Waals surface area contributed by atoms with Gasteiger partial charge in [-0.25, -0.2) is 0 Å². The molecule has 2 aliphatic rings. The zero-order chi connectivity index (χ0) is 13.8. The van der Waals surface area contributed by atoms with Crippen LogP contribution in [0.25, 0.3) is 0 Å². The van der Waals surface area contributed by atoms with Crippen molar-refractivity contribution >= 4 is 11.8 Å². The van der Waals surface area contributed by atoms with Crippen LogP contribution in [0.1, 0.15) is 39.0 Å². The molecule has 0 aromatic heterocycles. The molecule has 0 bridgehead atoms. The molecule has 2 rings (SSSR count). The van der Waals surface area contributed by atoms with Crippen LogP contribution < -0.4 is 11.1 Å².